The molecule has 1 heterocycles. The lowest BCUT2D eigenvalue weighted by Gasteiger charge is -2.24. The molecule has 0 saturated carbocycles. The molecule has 1 aliphatic heterocycles. The summed E-state index contributed by atoms with van der Waals surface area (Å²) in [7, 11) is 7.16. The highest BCUT2D eigenvalue weighted by molar-refractivity contribution is 5.79. The van der Waals surface area contributed by atoms with Crippen LogP contribution in [-0.4, -0.2) is 52.3 Å². The lowest BCUT2D eigenvalue weighted by atomic mass is 10.1. The van der Waals surface area contributed by atoms with Gasteiger partial charge in [-0.15, -0.1) is 0 Å². The first-order valence-electron chi connectivity index (χ1n) is 10.2. The van der Waals surface area contributed by atoms with Crippen LogP contribution >= 0.6 is 0 Å². The van der Waals surface area contributed by atoms with Crippen molar-refractivity contribution in [3.63, 3.8) is 0 Å². The summed E-state index contributed by atoms with van der Waals surface area (Å²) in [4.78, 5) is 8.90. The minimum atomic E-state index is 0.715. The van der Waals surface area contributed by atoms with Gasteiger partial charge in [0.25, 0.3) is 0 Å². The first-order valence-corrected chi connectivity index (χ1v) is 10.2. The third kappa shape index (κ3) is 5.06. The minimum absolute atomic E-state index is 0.715. The lowest BCUT2D eigenvalue weighted by molar-refractivity contribution is 0.353. The van der Waals surface area contributed by atoms with Gasteiger partial charge in [-0.2, -0.15) is 0 Å². The van der Waals surface area contributed by atoms with E-state index in [4.69, 9.17) is 9.47 Å². The zero-order chi connectivity index (χ0) is 21.5. The van der Waals surface area contributed by atoms with Crippen molar-refractivity contribution in [1.29, 1.82) is 0 Å². The van der Waals surface area contributed by atoms with Crippen molar-refractivity contribution in [1.82, 2.24) is 10.2 Å². The molecule has 0 radical (unpaired) electrons. The normalized spacial score (nSPS) is 13.5. The third-order valence-corrected chi connectivity index (χ3v) is 5.39. The number of hydrogen-bond donors (Lipinski definition) is 1. The van der Waals surface area contributed by atoms with Crippen molar-refractivity contribution in [2.45, 2.75) is 20.0 Å². The molecule has 0 unspecified atom stereocenters. The Bertz CT molecular complexity index is 898. The zero-order valence-corrected chi connectivity index (χ0v) is 18.6. The average molecular weight is 409 g/mol. The molecule has 1 N–H and O–H groups in total. The van der Waals surface area contributed by atoms with Crippen molar-refractivity contribution in [2.24, 2.45) is 4.99 Å². The van der Waals surface area contributed by atoms with Crippen LogP contribution in [0.25, 0.3) is 0 Å². The highest BCUT2D eigenvalue weighted by Gasteiger charge is 2.13. The molecule has 0 aliphatic carbocycles. The monoisotopic (exact) mass is 408 g/mol. The molecule has 0 amide bonds. The number of methoxy groups -OCH3 is 2. The van der Waals surface area contributed by atoms with Gasteiger partial charge in [-0.05, 0) is 47.9 Å². The Morgan fingerprint density at radius 2 is 1.70 bits per heavy atom. The largest absolute Gasteiger partial charge is 0.493 e. The van der Waals surface area contributed by atoms with Gasteiger partial charge in [-0.3, -0.25) is 4.99 Å². The summed E-state index contributed by atoms with van der Waals surface area (Å²) < 4.78 is 10.8. The van der Waals surface area contributed by atoms with Gasteiger partial charge in [0.2, 0.25) is 0 Å². The van der Waals surface area contributed by atoms with Crippen molar-refractivity contribution in [3.8, 4) is 11.5 Å². The Hall–Kier alpha value is -3.15. The molecule has 0 spiro atoms. The SMILES string of the molecule is CN=C(NCc1ccc(N2CC=CC2)cc1)N(C)Cc1cc(OC)c(OC)cc1C. The van der Waals surface area contributed by atoms with E-state index in [0.29, 0.717) is 6.54 Å². The van der Waals surface area contributed by atoms with E-state index < -0.39 is 0 Å². The number of nitrogens with one attached hydrogen (secondary N) is 1. The molecule has 1 aliphatic rings. The molecule has 0 saturated heterocycles. The first kappa shape index (κ1) is 21.6. The van der Waals surface area contributed by atoms with E-state index in [1.807, 2.05) is 26.2 Å². The second-order valence-corrected chi connectivity index (χ2v) is 7.43. The Balaban J connectivity index is 1.61. The van der Waals surface area contributed by atoms with E-state index in [2.05, 4.69) is 63.5 Å². The van der Waals surface area contributed by atoms with E-state index in [9.17, 15) is 0 Å². The summed E-state index contributed by atoms with van der Waals surface area (Å²) >= 11 is 0. The quantitative estimate of drug-likeness (QED) is 0.431. The van der Waals surface area contributed by atoms with Crippen LogP contribution in [-0.2, 0) is 13.1 Å². The fraction of sp³-hybridized carbons (Fsp3) is 0.375. The Kier molecular flexibility index (Phi) is 7.22. The second kappa shape index (κ2) is 10.1. The van der Waals surface area contributed by atoms with Crippen LogP contribution in [0.3, 0.4) is 0 Å². The van der Waals surface area contributed by atoms with Crippen LogP contribution < -0.4 is 19.7 Å². The lowest BCUT2D eigenvalue weighted by Crippen LogP contribution is -2.38. The summed E-state index contributed by atoms with van der Waals surface area (Å²) in [5, 5.41) is 3.46. The fourth-order valence-corrected chi connectivity index (χ4v) is 3.60. The summed E-state index contributed by atoms with van der Waals surface area (Å²) in [5.74, 6) is 2.33. The van der Waals surface area contributed by atoms with Gasteiger partial charge in [-0.1, -0.05) is 24.3 Å². The number of guanidine groups is 1. The molecule has 6 nitrogen and oxygen atoms in total. The molecular weight excluding hydrogens is 376 g/mol. The maximum absolute atomic E-state index is 5.46. The van der Waals surface area contributed by atoms with Gasteiger partial charge < -0.3 is 24.6 Å². The molecule has 6 heteroatoms. The molecule has 0 atom stereocenters. The predicted octanol–water partition coefficient (Wildman–Crippen LogP) is 3.60. The topological polar surface area (TPSA) is 49.3 Å². The molecule has 160 valence electrons. The highest BCUT2D eigenvalue weighted by atomic mass is 16.5. The molecule has 2 aromatic rings. The second-order valence-electron chi connectivity index (χ2n) is 7.43. The van der Waals surface area contributed by atoms with Crippen molar-refractivity contribution < 1.29 is 9.47 Å². The fourth-order valence-electron chi connectivity index (χ4n) is 3.60. The molecule has 0 fully saturated rings. The van der Waals surface area contributed by atoms with Gasteiger partial charge in [0, 0.05) is 46.0 Å². The summed E-state index contributed by atoms with van der Waals surface area (Å²) in [6, 6.07) is 12.8. The standard InChI is InChI=1S/C24H32N4O2/c1-18-14-22(29-4)23(30-5)15-20(18)17-27(3)24(25-2)26-16-19-8-10-21(11-9-19)28-12-6-7-13-28/h6-11,14-15H,12-13,16-17H2,1-5H3,(H,25,26). The molecule has 2 aromatic carbocycles. The Labute approximate surface area is 179 Å². The van der Waals surface area contributed by atoms with Crippen LogP contribution in [0.2, 0.25) is 0 Å². The van der Waals surface area contributed by atoms with Gasteiger partial charge in [0.1, 0.15) is 0 Å². The minimum Gasteiger partial charge on any atom is -0.493 e. The summed E-state index contributed by atoms with van der Waals surface area (Å²) in [5.41, 5.74) is 4.81. The van der Waals surface area contributed by atoms with Crippen LogP contribution in [0.1, 0.15) is 16.7 Å². The van der Waals surface area contributed by atoms with Crippen molar-refractivity contribution >= 4 is 11.6 Å². The van der Waals surface area contributed by atoms with Gasteiger partial charge in [-0.25, -0.2) is 0 Å². The molecular formula is C24H32N4O2. The number of hydrogen-bond acceptors (Lipinski definition) is 4. The number of rotatable bonds is 7. The van der Waals surface area contributed by atoms with Gasteiger partial charge >= 0.3 is 0 Å². The van der Waals surface area contributed by atoms with Gasteiger partial charge in [0.05, 0.1) is 14.2 Å². The molecule has 3 rings (SSSR count). The van der Waals surface area contributed by atoms with E-state index in [1.54, 1.807) is 14.2 Å². The maximum atomic E-state index is 5.46. The summed E-state index contributed by atoms with van der Waals surface area (Å²) in [6.07, 6.45) is 4.41. The van der Waals surface area contributed by atoms with E-state index >= 15 is 0 Å². The molecule has 30 heavy (non-hydrogen) atoms. The first-order chi connectivity index (χ1) is 14.5. The van der Waals surface area contributed by atoms with Crippen molar-refractivity contribution in [2.75, 3.05) is 46.3 Å². The van der Waals surface area contributed by atoms with E-state index in [1.165, 1.54) is 16.8 Å². The number of aliphatic imine (C=N–C) groups is 1. The number of anilines is 1. The number of aryl methyl sites for hydroxylation is 1. The van der Waals surface area contributed by atoms with E-state index in [0.717, 1.165) is 42.7 Å². The summed E-state index contributed by atoms with van der Waals surface area (Å²) in [6.45, 7) is 5.50. The maximum Gasteiger partial charge on any atom is 0.193 e. The van der Waals surface area contributed by atoms with Crippen LogP contribution in [0.4, 0.5) is 5.69 Å². The smallest absolute Gasteiger partial charge is 0.193 e. The number of benzene rings is 2. The predicted molar refractivity (Wildman–Crippen MR) is 124 cm³/mol. The van der Waals surface area contributed by atoms with E-state index in [-0.39, 0.29) is 0 Å². The van der Waals surface area contributed by atoms with Crippen molar-refractivity contribution in [3.05, 3.63) is 65.2 Å². The highest BCUT2D eigenvalue weighted by Crippen LogP contribution is 2.30. The zero-order valence-electron chi connectivity index (χ0n) is 18.6. The third-order valence-electron chi connectivity index (χ3n) is 5.39. The molecule has 0 aromatic heterocycles. The number of ether oxygens (including phenoxy) is 2. The van der Waals surface area contributed by atoms with Crippen LogP contribution in [0.5, 0.6) is 11.5 Å². The van der Waals surface area contributed by atoms with Gasteiger partial charge in [0.15, 0.2) is 17.5 Å². The Morgan fingerprint density at radius 3 is 2.30 bits per heavy atom. The Morgan fingerprint density at radius 1 is 1.07 bits per heavy atom. The number of nitrogens with zero attached hydrogens (tertiary/aromatic N) is 3. The molecule has 0 bridgehead atoms. The van der Waals surface area contributed by atoms with Crippen LogP contribution in [0.15, 0.2) is 53.5 Å². The average Bonchev–Trinajstić information content (AvgIpc) is 3.30. The van der Waals surface area contributed by atoms with Crippen LogP contribution in [0, 0.1) is 6.92 Å².